The SMILES string of the molecule is O=C1C(OCc2ccccc2)=CCC[C@@H]1C(=O)C(F)(F)F. The topological polar surface area (TPSA) is 43.4 Å². The van der Waals surface area contributed by atoms with Crippen LogP contribution in [0.4, 0.5) is 13.2 Å². The van der Waals surface area contributed by atoms with Crippen LogP contribution in [-0.4, -0.2) is 17.7 Å². The number of ketones is 2. The van der Waals surface area contributed by atoms with Crippen molar-refractivity contribution < 1.29 is 27.5 Å². The molecule has 1 aliphatic rings. The van der Waals surface area contributed by atoms with Crippen molar-refractivity contribution in [1.82, 2.24) is 0 Å². The summed E-state index contributed by atoms with van der Waals surface area (Å²) >= 11 is 0. The molecule has 1 atom stereocenters. The van der Waals surface area contributed by atoms with E-state index in [0.717, 1.165) is 5.56 Å². The zero-order chi connectivity index (χ0) is 15.5. The van der Waals surface area contributed by atoms with Crippen LogP contribution in [0.1, 0.15) is 18.4 Å². The van der Waals surface area contributed by atoms with E-state index in [0.29, 0.717) is 0 Å². The zero-order valence-corrected chi connectivity index (χ0v) is 11.0. The molecule has 0 unspecified atom stereocenters. The molecule has 1 aromatic rings. The normalized spacial score (nSPS) is 19.1. The molecule has 0 aliphatic heterocycles. The predicted octanol–water partition coefficient (Wildman–Crippen LogP) is 3.20. The Kier molecular flexibility index (Phi) is 4.45. The van der Waals surface area contributed by atoms with Crippen molar-refractivity contribution in [2.75, 3.05) is 0 Å². The summed E-state index contributed by atoms with van der Waals surface area (Å²) in [7, 11) is 0. The summed E-state index contributed by atoms with van der Waals surface area (Å²) in [5, 5.41) is 0. The molecule has 0 aromatic heterocycles. The first-order valence-corrected chi connectivity index (χ1v) is 6.41. The Morgan fingerprint density at radius 3 is 2.52 bits per heavy atom. The van der Waals surface area contributed by atoms with Crippen LogP contribution in [0.5, 0.6) is 0 Å². The van der Waals surface area contributed by atoms with Crippen molar-refractivity contribution in [3.05, 3.63) is 47.7 Å². The molecule has 1 aliphatic carbocycles. The maximum atomic E-state index is 12.4. The van der Waals surface area contributed by atoms with Crippen molar-refractivity contribution in [3.8, 4) is 0 Å². The first kappa shape index (κ1) is 15.3. The molecule has 21 heavy (non-hydrogen) atoms. The molecule has 6 heteroatoms. The van der Waals surface area contributed by atoms with Crippen LogP contribution >= 0.6 is 0 Å². The van der Waals surface area contributed by atoms with E-state index in [9.17, 15) is 22.8 Å². The maximum Gasteiger partial charge on any atom is 0.450 e. The van der Waals surface area contributed by atoms with Crippen molar-refractivity contribution >= 4 is 11.6 Å². The van der Waals surface area contributed by atoms with Crippen LogP contribution in [-0.2, 0) is 20.9 Å². The summed E-state index contributed by atoms with van der Waals surface area (Å²) in [6, 6.07) is 8.92. The van der Waals surface area contributed by atoms with Gasteiger partial charge in [-0.1, -0.05) is 30.3 Å². The van der Waals surface area contributed by atoms with Gasteiger partial charge in [0, 0.05) is 0 Å². The molecule has 0 heterocycles. The van der Waals surface area contributed by atoms with Gasteiger partial charge in [0.05, 0.1) is 5.92 Å². The van der Waals surface area contributed by atoms with Gasteiger partial charge in [-0.3, -0.25) is 9.59 Å². The number of Topliss-reactive ketones (excluding diaryl/α,β-unsaturated/α-hetero) is 2. The lowest BCUT2D eigenvalue weighted by molar-refractivity contribution is -0.177. The molecule has 1 aromatic carbocycles. The van der Waals surface area contributed by atoms with Gasteiger partial charge in [-0.25, -0.2) is 0 Å². The molecule has 0 N–H and O–H groups in total. The van der Waals surface area contributed by atoms with E-state index in [2.05, 4.69) is 0 Å². The van der Waals surface area contributed by atoms with Crippen molar-refractivity contribution in [2.45, 2.75) is 25.6 Å². The monoisotopic (exact) mass is 298 g/mol. The minimum absolute atomic E-state index is 0.0747. The van der Waals surface area contributed by atoms with Gasteiger partial charge in [-0.15, -0.1) is 0 Å². The number of allylic oxidation sites excluding steroid dienone is 2. The van der Waals surface area contributed by atoms with Crippen LogP contribution in [0, 0.1) is 5.92 Å². The van der Waals surface area contributed by atoms with Crippen LogP contribution in [0.15, 0.2) is 42.2 Å². The highest BCUT2D eigenvalue weighted by molar-refractivity contribution is 6.11. The van der Waals surface area contributed by atoms with Gasteiger partial charge in [-0.2, -0.15) is 13.2 Å². The highest BCUT2D eigenvalue weighted by atomic mass is 19.4. The quantitative estimate of drug-likeness (QED) is 0.802. The van der Waals surface area contributed by atoms with Gasteiger partial charge in [0.1, 0.15) is 6.61 Å². The maximum absolute atomic E-state index is 12.4. The highest BCUT2D eigenvalue weighted by Crippen LogP contribution is 2.29. The lowest BCUT2D eigenvalue weighted by atomic mass is 9.88. The fourth-order valence-corrected chi connectivity index (χ4v) is 2.10. The zero-order valence-electron chi connectivity index (χ0n) is 11.0. The Hall–Kier alpha value is -2.11. The Morgan fingerprint density at radius 1 is 1.24 bits per heavy atom. The second-order valence-electron chi connectivity index (χ2n) is 4.70. The number of carbonyl (C=O) groups is 2. The first-order chi connectivity index (χ1) is 9.89. The Labute approximate surface area is 119 Å². The third-order valence-electron chi connectivity index (χ3n) is 3.18. The number of benzene rings is 1. The minimum Gasteiger partial charge on any atom is -0.485 e. The van der Waals surface area contributed by atoms with E-state index in [4.69, 9.17) is 4.74 Å². The number of halogens is 3. The lowest BCUT2D eigenvalue weighted by Gasteiger charge is -2.21. The van der Waals surface area contributed by atoms with Crippen molar-refractivity contribution in [2.24, 2.45) is 5.92 Å². The molecule has 0 saturated carbocycles. The standard InChI is InChI=1S/C15H13F3O3/c16-15(17,18)14(20)11-7-4-8-12(13(11)19)21-9-10-5-2-1-3-6-10/h1-3,5-6,8,11H,4,7,9H2/t11-/m0/s1. The highest BCUT2D eigenvalue weighted by Gasteiger charge is 2.47. The van der Waals surface area contributed by atoms with Gasteiger partial charge in [0.25, 0.3) is 0 Å². The van der Waals surface area contributed by atoms with E-state index < -0.39 is 23.7 Å². The summed E-state index contributed by atoms with van der Waals surface area (Å²) in [5.74, 6) is -4.73. The third-order valence-corrected chi connectivity index (χ3v) is 3.18. The molecule has 3 nitrogen and oxygen atoms in total. The van der Waals surface area contributed by atoms with Gasteiger partial charge >= 0.3 is 6.18 Å². The molecule has 112 valence electrons. The number of rotatable bonds is 4. The first-order valence-electron chi connectivity index (χ1n) is 6.41. The fourth-order valence-electron chi connectivity index (χ4n) is 2.10. The van der Waals surface area contributed by atoms with Crippen LogP contribution in [0.3, 0.4) is 0 Å². The molecule has 0 amide bonds. The summed E-state index contributed by atoms with van der Waals surface area (Å²) in [6.07, 6.45) is -3.48. The Bertz CT molecular complexity index is 561. The van der Waals surface area contributed by atoms with E-state index in [1.54, 1.807) is 24.3 Å². The second-order valence-corrected chi connectivity index (χ2v) is 4.70. The molecule has 0 spiro atoms. The second kappa shape index (κ2) is 6.11. The van der Waals surface area contributed by atoms with Gasteiger partial charge in [0.2, 0.25) is 11.6 Å². The van der Waals surface area contributed by atoms with Gasteiger partial charge in [-0.05, 0) is 24.5 Å². The molecule has 0 saturated heterocycles. The Morgan fingerprint density at radius 2 is 1.90 bits per heavy atom. The van der Waals surface area contributed by atoms with Gasteiger partial charge in [0.15, 0.2) is 5.76 Å². The number of alkyl halides is 3. The number of hydrogen-bond acceptors (Lipinski definition) is 3. The summed E-state index contributed by atoms with van der Waals surface area (Å²) in [6.45, 7) is 0.0747. The largest absolute Gasteiger partial charge is 0.485 e. The minimum atomic E-state index is -5.00. The average Bonchev–Trinajstić information content (AvgIpc) is 2.45. The summed E-state index contributed by atoms with van der Waals surface area (Å²) < 4.78 is 42.5. The van der Waals surface area contributed by atoms with E-state index in [1.807, 2.05) is 6.07 Å². The van der Waals surface area contributed by atoms with Crippen molar-refractivity contribution in [1.29, 1.82) is 0 Å². The molecule has 2 rings (SSSR count). The Balaban J connectivity index is 2.03. The summed E-state index contributed by atoms with van der Waals surface area (Å²) in [4.78, 5) is 23.1. The van der Waals surface area contributed by atoms with Gasteiger partial charge < -0.3 is 4.74 Å². The van der Waals surface area contributed by atoms with Crippen LogP contribution in [0.25, 0.3) is 0 Å². The van der Waals surface area contributed by atoms with E-state index in [1.165, 1.54) is 6.08 Å². The number of carbonyl (C=O) groups excluding carboxylic acids is 2. The average molecular weight is 298 g/mol. The molecular weight excluding hydrogens is 285 g/mol. The number of ether oxygens (including phenoxy) is 1. The van der Waals surface area contributed by atoms with Crippen LogP contribution < -0.4 is 0 Å². The summed E-state index contributed by atoms with van der Waals surface area (Å²) in [5.41, 5.74) is 0.787. The van der Waals surface area contributed by atoms with E-state index >= 15 is 0 Å². The third kappa shape index (κ3) is 3.71. The van der Waals surface area contributed by atoms with E-state index in [-0.39, 0.29) is 25.2 Å². The molecule has 0 bridgehead atoms. The van der Waals surface area contributed by atoms with Crippen molar-refractivity contribution in [3.63, 3.8) is 0 Å². The number of hydrogen-bond donors (Lipinski definition) is 0. The van der Waals surface area contributed by atoms with Crippen LogP contribution in [0.2, 0.25) is 0 Å². The molecule has 0 radical (unpaired) electrons. The fraction of sp³-hybridized carbons (Fsp3) is 0.333. The molecular formula is C15H13F3O3. The lowest BCUT2D eigenvalue weighted by Crippen LogP contribution is -2.37. The predicted molar refractivity (Wildman–Crippen MR) is 68.1 cm³/mol. The smallest absolute Gasteiger partial charge is 0.450 e. The molecule has 0 fully saturated rings.